The third kappa shape index (κ3) is 5.07. The number of rotatable bonds is 6. The average Bonchev–Trinajstić information content (AvgIpc) is 2.47. The monoisotopic (exact) mass is 325 g/mol. The third-order valence-electron chi connectivity index (χ3n) is 4.24. The maximum atomic E-state index is 11.4. The van der Waals surface area contributed by atoms with Crippen LogP contribution in [0.2, 0.25) is 0 Å². The SMILES string of the molecule is Cc1ccc(OCC(O)CN(C)C2CCS(=O)CC2)c(C)c1. The van der Waals surface area contributed by atoms with Gasteiger partial charge >= 0.3 is 0 Å². The summed E-state index contributed by atoms with van der Waals surface area (Å²) in [6.45, 7) is 4.95. The van der Waals surface area contributed by atoms with Crippen LogP contribution in [-0.2, 0) is 10.8 Å². The highest BCUT2D eigenvalue weighted by atomic mass is 32.2. The van der Waals surface area contributed by atoms with Crippen molar-refractivity contribution in [3.63, 3.8) is 0 Å². The van der Waals surface area contributed by atoms with Gasteiger partial charge in [0.05, 0.1) is 0 Å². The standard InChI is InChI=1S/C17H27NO3S/c1-13-4-5-17(14(2)10-13)21-12-16(19)11-18(3)15-6-8-22(20)9-7-15/h4-5,10,15-16,19H,6-9,11-12H2,1-3H3. The summed E-state index contributed by atoms with van der Waals surface area (Å²) in [7, 11) is 1.39. The van der Waals surface area contributed by atoms with Gasteiger partial charge in [0, 0.05) is 34.9 Å². The zero-order valence-corrected chi connectivity index (χ0v) is 14.6. The first-order valence-electron chi connectivity index (χ1n) is 7.89. The van der Waals surface area contributed by atoms with E-state index < -0.39 is 16.9 Å². The zero-order chi connectivity index (χ0) is 16.1. The summed E-state index contributed by atoms with van der Waals surface area (Å²) in [5.41, 5.74) is 2.30. The van der Waals surface area contributed by atoms with Crippen LogP contribution in [-0.4, -0.2) is 58.1 Å². The summed E-state index contributed by atoms with van der Waals surface area (Å²) < 4.78 is 17.1. The van der Waals surface area contributed by atoms with Crippen molar-refractivity contribution in [1.29, 1.82) is 0 Å². The Labute approximate surface area is 135 Å². The first-order valence-corrected chi connectivity index (χ1v) is 9.38. The van der Waals surface area contributed by atoms with Crippen molar-refractivity contribution in [2.75, 3.05) is 31.7 Å². The molecule has 1 atom stereocenters. The van der Waals surface area contributed by atoms with Crippen molar-refractivity contribution >= 4 is 10.8 Å². The molecule has 1 heterocycles. The molecule has 0 saturated carbocycles. The van der Waals surface area contributed by atoms with Crippen molar-refractivity contribution in [3.05, 3.63) is 29.3 Å². The molecule has 0 radical (unpaired) electrons. The second kappa shape index (κ2) is 8.09. The van der Waals surface area contributed by atoms with E-state index in [0.29, 0.717) is 19.2 Å². The Balaban J connectivity index is 1.77. The molecule has 2 rings (SSSR count). The van der Waals surface area contributed by atoms with E-state index in [1.807, 2.05) is 26.1 Å². The van der Waals surface area contributed by atoms with Crippen LogP contribution in [0, 0.1) is 13.8 Å². The maximum Gasteiger partial charge on any atom is 0.122 e. The predicted molar refractivity (Wildman–Crippen MR) is 90.9 cm³/mol. The quantitative estimate of drug-likeness (QED) is 0.868. The molecule has 1 saturated heterocycles. The second-order valence-electron chi connectivity index (χ2n) is 6.25. The summed E-state index contributed by atoms with van der Waals surface area (Å²) in [6.07, 6.45) is 1.39. The van der Waals surface area contributed by atoms with Crippen molar-refractivity contribution in [2.24, 2.45) is 0 Å². The van der Waals surface area contributed by atoms with Crippen LogP contribution in [0.15, 0.2) is 18.2 Å². The van der Waals surface area contributed by atoms with Gasteiger partial charge in [0.1, 0.15) is 18.5 Å². The van der Waals surface area contributed by atoms with E-state index in [2.05, 4.69) is 17.9 Å². The van der Waals surface area contributed by atoms with Crippen LogP contribution in [0.1, 0.15) is 24.0 Å². The molecular formula is C17H27NO3S. The van der Waals surface area contributed by atoms with Gasteiger partial charge < -0.3 is 14.7 Å². The van der Waals surface area contributed by atoms with Crippen LogP contribution < -0.4 is 4.74 Å². The summed E-state index contributed by atoms with van der Waals surface area (Å²) >= 11 is 0. The first-order chi connectivity index (χ1) is 10.5. The van der Waals surface area contributed by atoms with Crippen molar-refractivity contribution in [1.82, 2.24) is 4.90 Å². The molecule has 1 aromatic rings. The third-order valence-corrected chi connectivity index (χ3v) is 5.62. The predicted octanol–water partition coefficient (Wildman–Crippen LogP) is 1.89. The lowest BCUT2D eigenvalue weighted by molar-refractivity contribution is 0.0612. The molecule has 1 aliphatic rings. The molecule has 4 nitrogen and oxygen atoms in total. The summed E-state index contributed by atoms with van der Waals surface area (Å²) in [4.78, 5) is 2.17. The molecule has 1 unspecified atom stereocenters. The van der Waals surface area contributed by atoms with Crippen molar-refractivity contribution in [2.45, 2.75) is 38.8 Å². The normalized spacial score (nSPS) is 23.5. The van der Waals surface area contributed by atoms with Gasteiger partial charge in [-0.15, -0.1) is 0 Å². The van der Waals surface area contributed by atoms with Crippen LogP contribution in [0.3, 0.4) is 0 Å². The zero-order valence-electron chi connectivity index (χ0n) is 13.7. The fourth-order valence-corrected chi connectivity index (χ4v) is 4.18. The molecule has 0 bridgehead atoms. The van der Waals surface area contributed by atoms with E-state index in [9.17, 15) is 9.32 Å². The van der Waals surface area contributed by atoms with Gasteiger partial charge in [0.25, 0.3) is 0 Å². The highest BCUT2D eigenvalue weighted by molar-refractivity contribution is 7.85. The van der Waals surface area contributed by atoms with Gasteiger partial charge in [-0.2, -0.15) is 0 Å². The topological polar surface area (TPSA) is 49.8 Å². The highest BCUT2D eigenvalue weighted by Gasteiger charge is 2.23. The largest absolute Gasteiger partial charge is 0.491 e. The highest BCUT2D eigenvalue weighted by Crippen LogP contribution is 2.19. The minimum absolute atomic E-state index is 0.299. The molecule has 1 aromatic carbocycles. The van der Waals surface area contributed by atoms with E-state index in [4.69, 9.17) is 4.74 Å². The number of aryl methyl sites for hydroxylation is 2. The van der Waals surface area contributed by atoms with Gasteiger partial charge in [-0.05, 0) is 45.4 Å². The Kier molecular flexibility index (Phi) is 6.41. The minimum Gasteiger partial charge on any atom is -0.491 e. The summed E-state index contributed by atoms with van der Waals surface area (Å²) in [5.74, 6) is 2.40. The number of benzene rings is 1. The van der Waals surface area contributed by atoms with Crippen LogP contribution >= 0.6 is 0 Å². The van der Waals surface area contributed by atoms with E-state index >= 15 is 0 Å². The molecule has 0 aromatic heterocycles. The molecule has 22 heavy (non-hydrogen) atoms. The van der Waals surface area contributed by atoms with Gasteiger partial charge in [-0.1, -0.05) is 17.7 Å². The molecule has 1 fully saturated rings. The molecular weight excluding hydrogens is 298 g/mol. The van der Waals surface area contributed by atoms with Crippen molar-refractivity contribution < 1.29 is 14.1 Å². The number of aliphatic hydroxyl groups is 1. The lowest BCUT2D eigenvalue weighted by Crippen LogP contribution is -2.42. The van der Waals surface area contributed by atoms with Crippen molar-refractivity contribution in [3.8, 4) is 5.75 Å². The number of hydrogen-bond acceptors (Lipinski definition) is 4. The Hall–Kier alpha value is -0.910. The minimum atomic E-state index is -0.637. The first kappa shape index (κ1) is 17.4. The fourth-order valence-electron chi connectivity index (χ4n) is 2.90. The maximum absolute atomic E-state index is 11.4. The van der Waals surface area contributed by atoms with Crippen LogP contribution in [0.4, 0.5) is 0 Å². The molecule has 0 amide bonds. The molecule has 0 aliphatic carbocycles. The second-order valence-corrected chi connectivity index (χ2v) is 7.95. The van der Waals surface area contributed by atoms with Gasteiger partial charge in [0.15, 0.2) is 0 Å². The molecule has 124 valence electrons. The molecule has 0 spiro atoms. The Bertz CT molecular complexity index is 511. The average molecular weight is 325 g/mol. The van der Waals surface area contributed by atoms with Gasteiger partial charge in [-0.3, -0.25) is 4.21 Å². The van der Waals surface area contributed by atoms with E-state index in [-0.39, 0.29) is 0 Å². The summed E-state index contributed by atoms with van der Waals surface area (Å²) in [5, 5.41) is 10.2. The fraction of sp³-hybridized carbons (Fsp3) is 0.647. The molecule has 1 aliphatic heterocycles. The number of ether oxygens (including phenoxy) is 1. The van der Waals surface area contributed by atoms with E-state index in [1.54, 1.807) is 0 Å². The number of nitrogens with zero attached hydrogens (tertiary/aromatic N) is 1. The van der Waals surface area contributed by atoms with Crippen LogP contribution in [0.25, 0.3) is 0 Å². The molecule has 1 N–H and O–H groups in total. The Morgan fingerprint density at radius 2 is 2.05 bits per heavy atom. The number of aliphatic hydroxyl groups excluding tert-OH is 1. The van der Waals surface area contributed by atoms with Gasteiger partial charge in [-0.25, -0.2) is 0 Å². The number of hydrogen-bond donors (Lipinski definition) is 1. The lowest BCUT2D eigenvalue weighted by atomic mass is 10.1. The van der Waals surface area contributed by atoms with Crippen LogP contribution in [0.5, 0.6) is 5.75 Å². The number of likely N-dealkylation sites (N-methyl/N-ethyl adjacent to an activating group) is 1. The summed E-state index contributed by atoms with van der Waals surface area (Å²) in [6, 6.07) is 6.48. The van der Waals surface area contributed by atoms with Gasteiger partial charge in [0.2, 0.25) is 0 Å². The smallest absolute Gasteiger partial charge is 0.122 e. The Morgan fingerprint density at radius 1 is 1.36 bits per heavy atom. The van der Waals surface area contributed by atoms with E-state index in [1.165, 1.54) is 5.56 Å². The van der Waals surface area contributed by atoms with E-state index in [0.717, 1.165) is 35.7 Å². The lowest BCUT2D eigenvalue weighted by Gasteiger charge is -2.32. The Morgan fingerprint density at radius 3 is 2.68 bits per heavy atom. The molecule has 5 heteroatoms.